The van der Waals surface area contributed by atoms with Crippen molar-refractivity contribution in [2.75, 3.05) is 12.3 Å². The van der Waals surface area contributed by atoms with Gasteiger partial charge in [-0.3, -0.25) is 0 Å². The molecule has 0 saturated carbocycles. The number of allylic oxidation sites excluding steroid dienone is 1. The van der Waals surface area contributed by atoms with Crippen molar-refractivity contribution in [2.24, 2.45) is 5.92 Å². The standard InChI is InChI=1S/C44H89P/c1-4-7-9-11-13-14-15-16-17-18-19-20-21-22-25-29-33-37-42-45-43-38-34-30-26-23-24-28-32-36-41-44(39-6-3)40-35-31-27-12-10-8-5-2/h6,44-45H,3-5,7-43H2,1-2H3. The normalized spacial score (nSPS) is 12.5. The van der Waals surface area contributed by atoms with Crippen molar-refractivity contribution >= 4 is 8.58 Å². The quantitative estimate of drug-likeness (QED) is 0.0351. The topological polar surface area (TPSA) is 0 Å². The SMILES string of the molecule is C=CCC(CCCCCCCCC)CCCCCCCCCCCPCCCCCCCCCCCCCCCCCCCC. The van der Waals surface area contributed by atoms with Crippen LogP contribution in [0.4, 0.5) is 0 Å². The molecule has 0 aromatic rings. The van der Waals surface area contributed by atoms with Crippen LogP contribution in [-0.4, -0.2) is 12.3 Å². The van der Waals surface area contributed by atoms with Crippen LogP contribution in [0.1, 0.15) is 251 Å². The summed E-state index contributed by atoms with van der Waals surface area (Å²) in [5, 5.41) is 0. The third-order valence-corrected chi connectivity index (χ3v) is 11.8. The minimum absolute atomic E-state index is 0.914. The van der Waals surface area contributed by atoms with Gasteiger partial charge in [0.25, 0.3) is 0 Å². The Kier molecular flexibility index (Phi) is 42.4. The van der Waals surface area contributed by atoms with Gasteiger partial charge in [-0.25, -0.2) is 0 Å². The molecule has 0 saturated heterocycles. The smallest absolute Gasteiger partial charge is 0.0325 e. The summed E-state index contributed by atoms with van der Waals surface area (Å²) in [6.07, 6.45) is 59.4. The van der Waals surface area contributed by atoms with Crippen LogP contribution >= 0.6 is 8.58 Å². The lowest BCUT2D eigenvalue weighted by atomic mass is 9.91. The first-order valence-electron chi connectivity index (χ1n) is 21.7. The van der Waals surface area contributed by atoms with E-state index in [1.54, 1.807) is 0 Å². The predicted octanol–water partition coefficient (Wildman–Crippen LogP) is 16.9. The lowest BCUT2D eigenvalue weighted by Crippen LogP contribution is -1.99. The summed E-state index contributed by atoms with van der Waals surface area (Å²) in [4.78, 5) is 0. The predicted molar refractivity (Wildman–Crippen MR) is 214 cm³/mol. The van der Waals surface area contributed by atoms with E-state index in [9.17, 15) is 0 Å². The summed E-state index contributed by atoms with van der Waals surface area (Å²) in [5.41, 5.74) is 0. The molecule has 0 heterocycles. The Morgan fingerprint density at radius 1 is 0.356 bits per heavy atom. The van der Waals surface area contributed by atoms with Crippen molar-refractivity contribution in [2.45, 2.75) is 251 Å². The maximum atomic E-state index is 4.03. The van der Waals surface area contributed by atoms with E-state index in [1.807, 2.05) is 0 Å². The summed E-state index contributed by atoms with van der Waals surface area (Å²) < 4.78 is 0. The molecule has 0 radical (unpaired) electrons. The fourth-order valence-electron chi connectivity index (χ4n) is 7.20. The number of rotatable bonds is 41. The fraction of sp³-hybridized carbons (Fsp3) is 0.955. The third-order valence-electron chi connectivity index (χ3n) is 10.4. The molecular formula is C44H89P. The van der Waals surface area contributed by atoms with Crippen molar-refractivity contribution in [3.8, 4) is 0 Å². The van der Waals surface area contributed by atoms with E-state index in [0.29, 0.717) is 0 Å². The van der Waals surface area contributed by atoms with E-state index in [1.165, 1.54) is 258 Å². The minimum Gasteiger partial charge on any atom is -0.122 e. The van der Waals surface area contributed by atoms with E-state index in [4.69, 9.17) is 0 Å². The summed E-state index contributed by atoms with van der Waals surface area (Å²) >= 11 is 0. The van der Waals surface area contributed by atoms with Gasteiger partial charge in [-0.05, 0) is 37.5 Å². The van der Waals surface area contributed by atoms with Crippen LogP contribution in [0.5, 0.6) is 0 Å². The lowest BCUT2D eigenvalue weighted by molar-refractivity contribution is 0.405. The molecule has 0 aromatic carbocycles. The number of unbranched alkanes of at least 4 members (excludes halogenated alkanes) is 31. The Bertz CT molecular complexity index is 513. The lowest BCUT2D eigenvalue weighted by Gasteiger charge is -2.15. The fourth-order valence-corrected chi connectivity index (χ4v) is 8.45. The van der Waals surface area contributed by atoms with E-state index in [-0.39, 0.29) is 0 Å². The average molecular weight is 649 g/mol. The van der Waals surface area contributed by atoms with Crippen LogP contribution in [0.25, 0.3) is 0 Å². The van der Waals surface area contributed by atoms with Gasteiger partial charge in [-0.2, -0.15) is 0 Å². The molecule has 1 heteroatoms. The van der Waals surface area contributed by atoms with E-state index in [0.717, 1.165) is 5.92 Å². The van der Waals surface area contributed by atoms with Gasteiger partial charge in [0.05, 0.1) is 0 Å². The molecule has 0 aliphatic rings. The highest BCUT2D eigenvalue weighted by Gasteiger charge is 2.07. The Hall–Kier alpha value is 0.170. The summed E-state index contributed by atoms with van der Waals surface area (Å²) in [6.45, 7) is 8.65. The van der Waals surface area contributed by atoms with E-state index >= 15 is 0 Å². The van der Waals surface area contributed by atoms with Crippen LogP contribution in [0.2, 0.25) is 0 Å². The Labute approximate surface area is 290 Å². The number of hydrogen-bond acceptors (Lipinski definition) is 0. The zero-order valence-corrected chi connectivity index (χ0v) is 32.9. The molecule has 0 spiro atoms. The van der Waals surface area contributed by atoms with E-state index < -0.39 is 0 Å². The van der Waals surface area contributed by atoms with Gasteiger partial charge in [-0.1, -0.05) is 238 Å². The van der Waals surface area contributed by atoms with Crippen molar-refractivity contribution in [1.29, 1.82) is 0 Å². The molecule has 270 valence electrons. The molecule has 0 amide bonds. The van der Waals surface area contributed by atoms with Crippen LogP contribution in [0.15, 0.2) is 12.7 Å². The molecular weight excluding hydrogens is 559 g/mol. The molecule has 45 heavy (non-hydrogen) atoms. The molecule has 0 fully saturated rings. The molecule has 2 atom stereocenters. The monoisotopic (exact) mass is 649 g/mol. The first-order valence-corrected chi connectivity index (χ1v) is 23.1. The van der Waals surface area contributed by atoms with Gasteiger partial charge in [0.1, 0.15) is 0 Å². The molecule has 0 bridgehead atoms. The van der Waals surface area contributed by atoms with Gasteiger partial charge >= 0.3 is 0 Å². The summed E-state index contributed by atoms with van der Waals surface area (Å²) in [7, 11) is 1.24. The molecule has 0 aliphatic carbocycles. The Morgan fingerprint density at radius 2 is 0.600 bits per heavy atom. The molecule has 0 aromatic heterocycles. The molecule has 0 rings (SSSR count). The first-order chi connectivity index (χ1) is 22.3. The zero-order chi connectivity index (χ0) is 32.6. The summed E-state index contributed by atoms with van der Waals surface area (Å²) in [5.74, 6) is 0.914. The number of hydrogen-bond donors (Lipinski definition) is 0. The zero-order valence-electron chi connectivity index (χ0n) is 31.9. The van der Waals surface area contributed by atoms with Crippen LogP contribution in [-0.2, 0) is 0 Å². The molecule has 0 N–H and O–H groups in total. The molecule has 2 unspecified atom stereocenters. The van der Waals surface area contributed by atoms with Crippen molar-refractivity contribution in [3.63, 3.8) is 0 Å². The van der Waals surface area contributed by atoms with Crippen LogP contribution in [0.3, 0.4) is 0 Å². The van der Waals surface area contributed by atoms with Crippen LogP contribution < -0.4 is 0 Å². The second kappa shape index (κ2) is 42.2. The average Bonchev–Trinajstić information content (AvgIpc) is 3.05. The highest BCUT2D eigenvalue weighted by atomic mass is 31.1. The largest absolute Gasteiger partial charge is 0.122 e. The van der Waals surface area contributed by atoms with Crippen LogP contribution in [0, 0.1) is 5.92 Å². The maximum absolute atomic E-state index is 4.03. The van der Waals surface area contributed by atoms with Gasteiger partial charge in [0.15, 0.2) is 0 Å². The molecule has 0 nitrogen and oxygen atoms in total. The summed E-state index contributed by atoms with van der Waals surface area (Å²) in [6, 6.07) is 0. The van der Waals surface area contributed by atoms with Gasteiger partial charge in [-0.15, -0.1) is 15.2 Å². The highest BCUT2D eigenvalue weighted by Crippen LogP contribution is 2.23. The van der Waals surface area contributed by atoms with Crippen molar-refractivity contribution < 1.29 is 0 Å². The highest BCUT2D eigenvalue weighted by molar-refractivity contribution is 7.37. The molecule has 0 aliphatic heterocycles. The van der Waals surface area contributed by atoms with Crippen molar-refractivity contribution in [3.05, 3.63) is 12.7 Å². The Morgan fingerprint density at radius 3 is 0.867 bits per heavy atom. The van der Waals surface area contributed by atoms with Gasteiger partial charge in [0, 0.05) is 0 Å². The first kappa shape index (κ1) is 45.2. The maximum Gasteiger partial charge on any atom is -0.0325 e. The minimum atomic E-state index is 0.914. The third kappa shape index (κ3) is 40.3. The van der Waals surface area contributed by atoms with E-state index in [2.05, 4.69) is 26.5 Å². The second-order valence-electron chi connectivity index (χ2n) is 15.0. The van der Waals surface area contributed by atoms with Crippen molar-refractivity contribution in [1.82, 2.24) is 0 Å². The van der Waals surface area contributed by atoms with Gasteiger partial charge in [0.2, 0.25) is 0 Å². The Balaban J connectivity index is 3.21. The second-order valence-corrected chi connectivity index (χ2v) is 16.5. The van der Waals surface area contributed by atoms with Gasteiger partial charge < -0.3 is 0 Å².